The van der Waals surface area contributed by atoms with Crippen LogP contribution in [0.3, 0.4) is 0 Å². The van der Waals surface area contributed by atoms with Crippen molar-refractivity contribution in [1.29, 1.82) is 0 Å². The molecule has 2 heterocycles. The number of aromatic nitrogens is 1. The van der Waals surface area contributed by atoms with Crippen LogP contribution in [0.5, 0.6) is 0 Å². The summed E-state index contributed by atoms with van der Waals surface area (Å²) in [6.45, 7) is 11.8. The molecule has 3 rings (SSSR count). The first kappa shape index (κ1) is 15.0. The van der Waals surface area contributed by atoms with Gasteiger partial charge in [-0.05, 0) is 23.5 Å². The number of pyridine rings is 1. The first-order valence-corrected chi connectivity index (χ1v) is 7.66. The van der Waals surface area contributed by atoms with Gasteiger partial charge in [-0.3, -0.25) is 9.78 Å². The fourth-order valence-corrected chi connectivity index (χ4v) is 3.88. The van der Waals surface area contributed by atoms with Crippen molar-refractivity contribution in [3.63, 3.8) is 0 Å². The van der Waals surface area contributed by atoms with E-state index < -0.39 is 0 Å². The van der Waals surface area contributed by atoms with E-state index in [1.807, 2.05) is 31.0 Å². The molecule has 1 aromatic rings. The third-order valence-corrected chi connectivity index (χ3v) is 5.53. The molecule has 0 spiro atoms. The van der Waals surface area contributed by atoms with Gasteiger partial charge < -0.3 is 4.90 Å². The summed E-state index contributed by atoms with van der Waals surface area (Å²) in [6, 6.07) is 4.53. The lowest BCUT2D eigenvalue weighted by atomic mass is 9.52. The van der Waals surface area contributed by atoms with E-state index in [0.717, 1.165) is 25.8 Å². The first-order chi connectivity index (χ1) is 9.50. The van der Waals surface area contributed by atoms with Gasteiger partial charge in [0.15, 0.2) is 0 Å². The Kier molecular flexibility index (Phi) is 3.90. The highest BCUT2D eigenvalue weighted by molar-refractivity contribution is 5.51. The SMILES string of the molecule is CC.CC1(C)[C@H]2Cc3ncccc3[C@]1(C)CCN2C=O. The average molecular weight is 274 g/mol. The molecule has 2 aliphatic rings. The molecule has 3 heteroatoms. The van der Waals surface area contributed by atoms with Crippen molar-refractivity contribution < 1.29 is 4.79 Å². The minimum atomic E-state index is 0.0994. The summed E-state index contributed by atoms with van der Waals surface area (Å²) in [4.78, 5) is 17.8. The first-order valence-electron chi connectivity index (χ1n) is 7.66. The Morgan fingerprint density at radius 2 is 2.05 bits per heavy atom. The molecular formula is C17H26N2O. The molecule has 1 aromatic heterocycles. The second kappa shape index (κ2) is 5.19. The number of amides is 1. The number of hydrogen-bond donors (Lipinski definition) is 0. The summed E-state index contributed by atoms with van der Waals surface area (Å²) >= 11 is 0. The Balaban J connectivity index is 0.000000704. The smallest absolute Gasteiger partial charge is 0.209 e. The van der Waals surface area contributed by atoms with Gasteiger partial charge in [-0.25, -0.2) is 0 Å². The second-order valence-corrected chi connectivity index (χ2v) is 6.36. The maximum absolute atomic E-state index is 11.3. The minimum absolute atomic E-state index is 0.0994. The fraction of sp³-hybridized carbons (Fsp3) is 0.647. The van der Waals surface area contributed by atoms with Crippen LogP contribution in [0, 0.1) is 5.41 Å². The van der Waals surface area contributed by atoms with Crippen LogP contribution in [0.4, 0.5) is 0 Å². The number of rotatable bonds is 1. The van der Waals surface area contributed by atoms with Crippen LogP contribution in [0.2, 0.25) is 0 Å². The molecule has 0 unspecified atom stereocenters. The van der Waals surface area contributed by atoms with Gasteiger partial charge in [0.1, 0.15) is 0 Å². The Morgan fingerprint density at radius 1 is 1.35 bits per heavy atom. The number of carbonyl (C=O) groups excluding carboxylic acids is 1. The van der Waals surface area contributed by atoms with Crippen molar-refractivity contribution in [3.8, 4) is 0 Å². The Hall–Kier alpha value is -1.38. The third-order valence-electron chi connectivity index (χ3n) is 5.53. The van der Waals surface area contributed by atoms with E-state index in [1.165, 1.54) is 11.3 Å². The van der Waals surface area contributed by atoms with E-state index in [2.05, 4.69) is 31.8 Å². The van der Waals surface area contributed by atoms with Crippen LogP contribution >= 0.6 is 0 Å². The summed E-state index contributed by atoms with van der Waals surface area (Å²) in [5.74, 6) is 0. The maximum atomic E-state index is 11.3. The Bertz CT molecular complexity index is 498. The van der Waals surface area contributed by atoms with Gasteiger partial charge >= 0.3 is 0 Å². The van der Waals surface area contributed by atoms with Gasteiger partial charge in [0, 0.05) is 36.3 Å². The van der Waals surface area contributed by atoms with Crippen molar-refractivity contribution >= 4 is 6.41 Å². The molecule has 0 saturated carbocycles. The van der Waals surface area contributed by atoms with Gasteiger partial charge in [-0.2, -0.15) is 0 Å². The van der Waals surface area contributed by atoms with Crippen molar-refractivity contribution in [2.45, 2.75) is 58.9 Å². The molecule has 1 aliphatic carbocycles. The van der Waals surface area contributed by atoms with E-state index in [9.17, 15) is 4.79 Å². The topological polar surface area (TPSA) is 33.2 Å². The maximum Gasteiger partial charge on any atom is 0.209 e. The van der Waals surface area contributed by atoms with Gasteiger partial charge in [0.25, 0.3) is 0 Å². The highest BCUT2D eigenvalue weighted by atomic mass is 16.1. The molecule has 1 saturated heterocycles. The largest absolute Gasteiger partial charge is 0.341 e. The quantitative estimate of drug-likeness (QED) is 0.737. The summed E-state index contributed by atoms with van der Waals surface area (Å²) in [7, 11) is 0. The van der Waals surface area contributed by atoms with Crippen LogP contribution in [0.15, 0.2) is 18.3 Å². The van der Waals surface area contributed by atoms with Crippen molar-refractivity contribution in [2.75, 3.05) is 6.54 Å². The molecular weight excluding hydrogens is 248 g/mol. The lowest BCUT2D eigenvalue weighted by Gasteiger charge is -2.59. The molecule has 0 aromatic carbocycles. The molecule has 2 bridgehead atoms. The molecule has 0 N–H and O–H groups in total. The van der Waals surface area contributed by atoms with Crippen LogP contribution in [-0.4, -0.2) is 28.9 Å². The number of hydrogen-bond acceptors (Lipinski definition) is 2. The zero-order valence-corrected chi connectivity index (χ0v) is 13.3. The highest BCUT2D eigenvalue weighted by Crippen LogP contribution is 2.55. The minimum Gasteiger partial charge on any atom is -0.341 e. The van der Waals surface area contributed by atoms with Crippen LogP contribution in [0.25, 0.3) is 0 Å². The third kappa shape index (κ3) is 1.87. The van der Waals surface area contributed by atoms with E-state index in [1.54, 1.807) is 0 Å². The summed E-state index contributed by atoms with van der Waals surface area (Å²) in [6.07, 6.45) is 4.78. The van der Waals surface area contributed by atoms with E-state index in [4.69, 9.17) is 0 Å². The van der Waals surface area contributed by atoms with E-state index in [-0.39, 0.29) is 16.9 Å². The van der Waals surface area contributed by atoms with Crippen molar-refractivity contribution in [2.24, 2.45) is 5.41 Å². The van der Waals surface area contributed by atoms with Crippen molar-refractivity contribution in [3.05, 3.63) is 29.6 Å². The second-order valence-electron chi connectivity index (χ2n) is 6.36. The molecule has 20 heavy (non-hydrogen) atoms. The number of likely N-dealkylation sites (tertiary alicyclic amines) is 1. The molecule has 1 fully saturated rings. The molecule has 1 aliphatic heterocycles. The Morgan fingerprint density at radius 3 is 2.70 bits per heavy atom. The molecule has 110 valence electrons. The number of piperidine rings is 1. The molecule has 3 nitrogen and oxygen atoms in total. The average Bonchev–Trinajstić information content (AvgIpc) is 2.45. The number of carbonyl (C=O) groups is 1. The summed E-state index contributed by atoms with van der Waals surface area (Å²) in [5, 5.41) is 0. The lowest BCUT2D eigenvalue weighted by Crippen LogP contribution is -2.63. The van der Waals surface area contributed by atoms with Gasteiger partial charge in [0.05, 0.1) is 0 Å². The molecule has 0 radical (unpaired) electrons. The molecule has 2 atom stereocenters. The van der Waals surface area contributed by atoms with Crippen LogP contribution in [-0.2, 0) is 16.6 Å². The standard InChI is InChI=1S/C15H20N2O.C2H6/c1-14(2)13-9-12-11(5-4-7-16-12)15(14,3)6-8-17(13)10-18;1-2/h4-5,7,10,13H,6,8-9H2,1-3H3;1-2H3/t13-,15+;/m1./s1. The monoisotopic (exact) mass is 274 g/mol. The van der Waals surface area contributed by atoms with Gasteiger partial charge in [-0.1, -0.05) is 40.7 Å². The lowest BCUT2D eigenvalue weighted by molar-refractivity contribution is -0.130. The highest BCUT2D eigenvalue weighted by Gasteiger charge is 2.56. The predicted molar refractivity (Wildman–Crippen MR) is 81.6 cm³/mol. The normalized spacial score (nSPS) is 29.9. The van der Waals surface area contributed by atoms with Gasteiger partial charge in [0.2, 0.25) is 6.41 Å². The molecule has 1 amide bonds. The predicted octanol–water partition coefficient (Wildman–Crippen LogP) is 3.18. The zero-order chi connectivity index (χ0) is 15.0. The van der Waals surface area contributed by atoms with Crippen LogP contribution < -0.4 is 0 Å². The fourth-order valence-electron chi connectivity index (χ4n) is 3.88. The van der Waals surface area contributed by atoms with E-state index >= 15 is 0 Å². The number of fused-ring (bicyclic) bond motifs is 4. The number of nitrogens with zero attached hydrogens (tertiary/aromatic N) is 2. The van der Waals surface area contributed by atoms with Crippen molar-refractivity contribution in [1.82, 2.24) is 9.88 Å². The van der Waals surface area contributed by atoms with Gasteiger partial charge in [-0.15, -0.1) is 0 Å². The van der Waals surface area contributed by atoms with Crippen LogP contribution in [0.1, 0.15) is 52.3 Å². The zero-order valence-electron chi connectivity index (χ0n) is 13.3. The Labute approximate surface area is 122 Å². The van der Waals surface area contributed by atoms with E-state index in [0.29, 0.717) is 0 Å². The summed E-state index contributed by atoms with van der Waals surface area (Å²) in [5.41, 5.74) is 2.79. The summed E-state index contributed by atoms with van der Waals surface area (Å²) < 4.78 is 0.